The summed E-state index contributed by atoms with van der Waals surface area (Å²) in [5.74, 6) is -0.361. The summed E-state index contributed by atoms with van der Waals surface area (Å²) in [6.07, 6.45) is 0.131. The fourth-order valence-corrected chi connectivity index (χ4v) is 4.68. The first-order valence-corrected chi connectivity index (χ1v) is 12.3. The fraction of sp³-hybridized carbons (Fsp3) is 0.200. The highest BCUT2D eigenvalue weighted by atomic mass is 79.9. The van der Waals surface area contributed by atoms with Gasteiger partial charge in [-0.15, -0.1) is 10.2 Å². The first-order chi connectivity index (χ1) is 16.5. The number of carbonyl (C=O) groups is 2. The summed E-state index contributed by atoms with van der Waals surface area (Å²) >= 11 is 4.75. The minimum atomic E-state index is -0.231. The van der Waals surface area contributed by atoms with E-state index in [2.05, 4.69) is 31.4 Å². The predicted octanol–water partition coefficient (Wildman–Crippen LogP) is 5.24. The molecule has 174 valence electrons. The first kappa shape index (κ1) is 24.0. The second kappa shape index (κ2) is 11.3. The molecule has 2 amide bonds. The van der Waals surface area contributed by atoms with Crippen molar-refractivity contribution in [3.63, 3.8) is 0 Å². The molecule has 7 nitrogen and oxygen atoms in total. The van der Waals surface area contributed by atoms with Gasteiger partial charge in [0, 0.05) is 42.2 Å². The van der Waals surface area contributed by atoms with Crippen LogP contribution in [0.5, 0.6) is 0 Å². The highest BCUT2D eigenvalue weighted by Gasteiger charge is 2.19. The largest absolute Gasteiger partial charge is 0.383 e. The molecule has 0 spiro atoms. The molecule has 4 rings (SSSR count). The molecule has 0 bridgehead atoms. The fourth-order valence-electron chi connectivity index (χ4n) is 3.53. The normalized spacial score (nSPS) is 10.9. The molecule has 0 aliphatic rings. The number of hydrogen-bond acceptors (Lipinski definition) is 6. The molecule has 0 aliphatic carbocycles. The van der Waals surface area contributed by atoms with Crippen LogP contribution in [0, 0.1) is 0 Å². The van der Waals surface area contributed by atoms with Gasteiger partial charge < -0.3 is 15.0 Å². The van der Waals surface area contributed by atoms with Crippen molar-refractivity contribution in [2.45, 2.75) is 6.42 Å². The van der Waals surface area contributed by atoms with Crippen molar-refractivity contribution in [1.82, 2.24) is 15.1 Å². The lowest BCUT2D eigenvalue weighted by Gasteiger charge is -2.23. The molecule has 4 aromatic rings. The summed E-state index contributed by atoms with van der Waals surface area (Å²) < 4.78 is 6.13. The highest BCUT2D eigenvalue weighted by Crippen LogP contribution is 2.28. The van der Waals surface area contributed by atoms with Crippen LogP contribution in [-0.4, -0.2) is 53.7 Å². The third kappa shape index (κ3) is 5.85. The standard InChI is InChI=1S/C25H23BrN4O3S/c1-33-15-14-30(24(32)21-11-5-7-17-6-2-3-10-20(17)21)13-12-22(31)27-25-29-28-23(34-25)18-8-4-9-19(26)16-18/h2-11,16H,12-15H2,1H3,(H,27,29,31). The van der Waals surface area contributed by atoms with Crippen LogP contribution in [-0.2, 0) is 9.53 Å². The van der Waals surface area contributed by atoms with Crippen LogP contribution in [0.15, 0.2) is 71.2 Å². The number of carbonyl (C=O) groups excluding carboxylic acids is 2. The molecule has 3 aromatic carbocycles. The Bertz CT molecular complexity index is 1300. The van der Waals surface area contributed by atoms with Crippen molar-refractivity contribution in [3.05, 3.63) is 76.8 Å². The van der Waals surface area contributed by atoms with Gasteiger partial charge >= 0.3 is 0 Å². The third-order valence-corrected chi connectivity index (χ3v) is 6.61. The van der Waals surface area contributed by atoms with Crippen LogP contribution < -0.4 is 5.32 Å². The second-order valence-electron chi connectivity index (χ2n) is 7.53. The summed E-state index contributed by atoms with van der Waals surface area (Å²) in [5.41, 5.74) is 1.52. The number of amides is 2. The predicted molar refractivity (Wildman–Crippen MR) is 138 cm³/mol. The Morgan fingerprint density at radius 1 is 1.03 bits per heavy atom. The molecule has 0 unspecified atom stereocenters. The monoisotopic (exact) mass is 538 g/mol. The number of aromatic nitrogens is 2. The van der Waals surface area contributed by atoms with E-state index in [0.29, 0.717) is 28.9 Å². The van der Waals surface area contributed by atoms with Crippen LogP contribution in [0.4, 0.5) is 5.13 Å². The summed E-state index contributed by atoms with van der Waals surface area (Å²) in [5, 5.41) is 14.0. The number of nitrogens with zero attached hydrogens (tertiary/aromatic N) is 3. The number of rotatable bonds is 9. The number of hydrogen-bond donors (Lipinski definition) is 1. The number of benzene rings is 3. The summed E-state index contributed by atoms with van der Waals surface area (Å²) in [7, 11) is 1.59. The minimum Gasteiger partial charge on any atom is -0.383 e. The average molecular weight is 539 g/mol. The van der Waals surface area contributed by atoms with Gasteiger partial charge in [0.2, 0.25) is 11.0 Å². The average Bonchev–Trinajstić information content (AvgIpc) is 3.32. The number of methoxy groups -OCH3 is 1. The van der Waals surface area contributed by atoms with E-state index in [1.165, 1.54) is 11.3 Å². The van der Waals surface area contributed by atoms with E-state index in [0.717, 1.165) is 20.8 Å². The Labute approximate surface area is 209 Å². The van der Waals surface area contributed by atoms with Crippen LogP contribution in [0.2, 0.25) is 0 Å². The van der Waals surface area contributed by atoms with E-state index in [-0.39, 0.29) is 24.8 Å². The molecule has 1 N–H and O–H groups in total. The zero-order valence-electron chi connectivity index (χ0n) is 18.5. The van der Waals surface area contributed by atoms with E-state index in [4.69, 9.17) is 4.74 Å². The molecule has 0 aliphatic heterocycles. The summed E-state index contributed by atoms with van der Waals surface area (Å²) in [6, 6.07) is 21.2. The van der Waals surface area contributed by atoms with Gasteiger partial charge in [0.15, 0.2) is 0 Å². The molecule has 0 fully saturated rings. The molecule has 0 saturated heterocycles. The topological polar surface area (TPSA) is 84.4 Å². The summed E-state index contributed by atoms with van der Waals surface area (Å²) in [4.78, 5) is 27.6. The molecular formula is C25H23BrN4O3S. The van der Waals surface area contributed by atoms with Gasteiger partial charge in [0.05, 0.1) is 6.61 Å². The van der Waals surface area contributed by atoms with E-state index in [9.17, 15) is 9.59 Å². The molecule has 0 radical (unpaired) electrons. The Kier molecular flexibility index (Phi) is 7.99. The lowest BCUT2D eigenvalue weighted by molar-refractivity contribution is -0.116. The van der Waals surface area contributed by atoms with Crippen molar-refractivity contribution < 1.29 is 14.3 Å². The molecule has 0 atom stereocenters. The first-order valence-electron chi connectivity index (χ1n) is 10.7. The van der Waals surface area contributed by atoms with E-state index in [1.54, 1.807) is 12.0 Å². The van der Waals surface area contributed by atoms with E-state index in [1.807, 2.05) is 66.7 Å². The van der Waals surface area contributed by atoms with Gasteiger partial charge in [-0.3, -0.25) is 9.59 Å². The molecule has 0 saturated carbocycles. The Hall–Kier alpha value is -3.14. The van der Waals surface area contributed by atoms with Crippen LogP contribution in [0.25, 0.3) is 21.3 Å². The number of ether oxygens (including phenoxy) is 1. The van der Waals surface area contributed by atoms with Gasteiger partial charge in [0.1, 0.15) is 5.01 Å². The highest BCUT2D eigenvalue weighted by molar-refractivity contribution is 9.10. The van der Waals surface area contributed by atoms with Crippen molar-refractivity contribution in [2.24, 2.45) is 0 Å². The maximum absolute atomic E-state index is 13.3. The Balaban J connectivity index is 1.42. The van der Waals surface area contributed by atoms with Crippen molar-refractivity contribution in [3.8, 4) is 10.6 Å². The zero-order chi connectivity index (χ0) is 23.9. The zero-order valence-corrected chi connectivity index (χ0v) is 20.9. The van der Waals surface area contributed by atoms with Gasteiger partial charge in [0.25, 0.3) is 5.91 Å². The molecular weight excluding hydrogens is 516 g/mol. The molecule has 9 heteroatoms. The minimum absolute atomic E-state index is 0.130. The number of nitrogens with one attached hydrogen (secondary N) is 1. The molecule has 1 heterocycles. The quantitative estimate of drug-likeness (QED) is 0.315. The SMILES string of the molecule is COCCN(CCC(=O)Nc1nnc(-c2cccc(Br)c2)s1)C(=O)c1cccc2ccccc12. The number of halogens is 1. The number of anilines is 1. The van der Waals surface area contributed by atoms with E-state index >= 15 is 0 Å². The second-order valence-corrected chi connectivity index (χ2v) is 9.43. The Morgan fingerprint density at radius 3 is 2.65 bits per heavy atom. The van der Waals surface area contributed by atoms with Crippen molar-refractivity contribution in [1.29, 1.82) is 0 Å². The molecule has 34 heavy (non-hydrogen) atoms. The third-order valence-electron chi connectivity index (χ3n) is 5.22. The van der Waals surface area contributed by atoms with Crippen molar-refractivity contribution in [2.75, 3.05) is 32.1 Å². The van der Waals surface area contributed by atoms with Crippen LogP contribution >= 0.6 is 27.3 Å². The van der Waals surface area contributed by atoms with Crippen molar-refractivity contribution >= 4 is 55.0 Å². The van der Waals surface area contributed by atoms with Crippen LogP contribution in [0.3, 0.4) is 0 Å². The van der Waals surface area contributed by atoms with Gasteiger partial charge in [-0.25, -0.2) is 0 Å². The maximum atomic E-state index is 13.3. The Morgan fingerprint density at radius 2 is 1.82 bits per heavy atom. The number of fused-ring (bicyclic) bond motifs is 1. The maximum Gasteiger partial charge on any atom is 0.254 e. The molecule has 1 aromatic heterocycles. The van der Waals surface area contributed by atoms with Gasteiger partial charge in [-0.05, 0) is 29.0 Å². The lowest BCUT2D eigenvalue weighted by atomic mass is 10.0. The smallest absolute Gasteiger partial charge is 0.254 e. The van der Waals surface area contributed by atoms with Crippen LogP contribution in [0.1, 0.15) is 16.8 Å². The van der Waals surface area contributed by atoms with Gasteiger partial charge in [-0.1, -0.05) is 75.8 Å². The van der Waals surface area contributed by atoms with Gasteiger partial charge in [-0.2, -0.15) is 0 Å². The summed E-state index contributed by atoms with van der Waals surface area (Å²) in [6.45, 7) is 1.02. The lowest BCUT2D eigenvalue weighted by Crippen LogP contribution is -2.36. The van der Waals surface area contributed by atoms with E-state index < -0.39 is 0 Å².